The molecule has 0 bridgehead atoms. The van der Waals surface area contributed by atoms with Gasteiger partial charge in [0.2, 0.25) is 0 Å². The monoisotopic (exact) mass is 394 g/mol. The quantitative estimate of drug-likeness (QED) is 0.504. The molecule has 1 atom stereocenters. The topological polar surface area (TPSA) is 108 Å². The lowest BCUT2D eigenvalue weighted by molar-refractivity contribution is -0.161. The molecule has 0 radical (unpaired) electrons. The number of benzene rings is 1. The van der Waals surface area contributed by atoms with Crippen LogP contribution in [0.5, 0.6) is 0 Å². The minimum absolute atomic E-state index is 0.0350. The van der Waals surface area contributed by atoms with E-state index in [9.17, 15) is 14.4 Å². The molecular weight excluding hydrogens is 364 g/mol. The van der Waals surface area contributed by atoms with Gasteiger partial charge in [0.25, 0.3) is 0 Å². The van der Waals surface area contributed by atoms with Gasteiger partial charge in [-0.25, -0.2) is 9.59 Å². The number of hydrogen-bond donors (Lipinski definition) is 1. The van der Waals surface area contributed by atoms with Gasteiger partial charge in [0.1, 0.15) is 25.5 Å². The maximum absolute atomic E-state index is 12.0. The normalized spacial score (nSPS) is 12.2. The zero-order valence-electron chi connectivity index (χ0n) is 17.2. The molecule has 0 unspecified atom stereocenters. The molecule has 0 saturated carbocycles. The largest absolute Gasteiger partial charge is 0.458 e. The molecule has 1 aromatic carbocycles. The van der Waals surface area contributed by atoms with E-state index in [4.69, 9.17) is 19.9 Å². The highest BCUT2D eigenvalue weighted by molar-refractivity contribution is 5.85. The molecule has 0 heterocycles. The van der Waals surface area contributed by atoms with Crippen LogP contribution in [0.25, 0.3) is 0 Å². The molecule has 0 aliphatic carbocycles. The summed E-state index contributed by atoms with van der Waals surface area (Å²) in [7, 11) is 1.50. The molecule has 0 spiro atoms. The van der Waals surface area contributed by atoms with Crippen LogP contribution >= 0.6 is 0 Å². The number of nitrogens with two attached hydrogens (primary N) is 1. The molecule has 28 heavy (non-hydrogen) atoms. The van der Waals surface area contributed by atoms with E-state index in [0.29, 0.717) is 0 Å². The minimum Gasteiger partial charge on any atom is -0.458 e. The highest BCUT2D eigenvalue weighted by atomic mass is 16.6. The van der Waals surface area contributed by atoms with Crippen molar-refractivity contribution in [2.24, 2.45) is 5.73 Å². The molecule has 8 heteroatoms. The number of ketones is 1. The number of ether oxygens (including phenoxy) is 3. The number of carbonyl (C=O) groups excluding carboxylic acids is 3. The smallest absolute Gasteiger partial charge is 0.411 e. The summed E-state index contributed by atoms with van der Waals surface area (Å²) in [6.07, 6.45) is -0.310. The van der Waals surface area contributed by atoms with Gasteiger partial charge < -0.3 is 19.9 Å². The summed E-state index contributed by atoms with van der Waals surface area (Å²) in [6, 6.07) is 6.69. The Kier molecular flexibility index (Phi) is 9.08. The third-order valence-corrected chi connectivity index (χ3v) is 3.51. The molecule has 0 aromatic heterocycles. The molecule has 1 aromatic rings. The van der Waals surface area contributed by atoms with E-state index < -0.39 is 23.7 Å². The molecule has 0 fully saturated rings. The lowest BCUT2D eigenvalue weighted by Crippen LogP contribution is -2.32. The van der Waals surface area contributed by atoms with Gasteiger partial charge in [-0.15, -0.1) is 0 Å². The zero-order valence-corrected chi connectivity index (χ0v) is 17.2. The summed E-state index contributed by atoms with van der Waals surface area (Å²) in [6.45, 7) is 6.67. The van der Waals surface area contributed by atoms with Crippen molar-refractivity contribution < 1.29 is 28.6 Å². The number of amides is 1. The summed E-state index contributed by atoms with van der Waals surface area (Å²) in [5, 5.41) is 0. The highest BCUT2D eigenvalue weighted by Gasteiger charge is 2.17. The van der Waals surface area contributed by atoms with Gasteiger partial charge in [-0.2, -0.15) is 0 Å². The van der Waals surface area contributed by atoms with Crippen molar-refractivity contribution >= 4 is 17.8 Å². The fraction of sp³-hybridized carbons (Fsp3) is 0.550. The molecule has 156 valence electrons. The number of hydrogen-bond acceptors (Lipinski definition) is 7. The van der Waals surface area contributed by atoms with E-state index in [1.165, 1.54) is 11.9 Å². The molecular formula is C20H30N2O6. The fourth-order valence-corrected chi connectivity index (χ4v) is 2.06. The maximum atomic E-state index is 12.0. The maximum Gasteiger partial charge on any atom is 0.411 e. The third kappa shape index (κ3) is 9.48. The third-order valence-electron chi connectivity index (χ3n) is 3.51. The number of Topliss-reactive ketones (excluding diaryl/α,β-unsaturated/α-hetero) is 1. The predicted octanol–water partition coefficient (Wildman–Crippen LogP) is 2.03. The van der Waals surface area contributed by atoms with Crippen LogP contribution in [0.4, 0.5) is 4.79 Å². The molecule has 0 aliphatic rings. The van der Waals surface area contributed by atoms with Gasteiger partial charge in [0.15, 0.2) is 5.78 Å². The number of esters is 1. The van der Waals surface area contributed by atoms with E-state index in [0.717, 1.165) is 11.1 Å². The number of nitrogens with zero attached hydrogens (tertiary/aromatic N) is 1. The van der Waals surface area contributed by atoms with E-state index in [2.05, 4.69) is 0 Å². The Bertz CT molecular complexity index is 664. The second kappa shape index (κ2) is 10.8. The van der Waals surface area contributed by atoms with E-state index in [1.54, 1.807) is 52.0 Å². The average Bonchev–Trinajstić information content (AvgIpc) is 2.59. The first-order chi connectivity index (χ1) is 13.0. The SMILES string of the molecule is C[C@H](N)C(=O)Cc1ccc(COC(=O)N(C)COCC(=O)OC(C)(C)C)cc1. The molecule has 2 N–H and O–H groups in total. The Morgan fingerprint density at radius 3 is 2.21 bits per heavy atom. The van der Waals surface area contributed by atoms with E-state index in [-0.39, 0.29) is 32.1 Å². The van der Waals surface area contributed by atoms with Crippen LogP contribution in [-0.4, -0.2) is 54.8 Å². The minimum atomic E-state index is -0.587. The van der Waals surface area contributed by atoms with Gasteiger partial charge >= 0.3 is 12.1 Å². The molecule has 1 amide bonds. The summed E-state index contributed by atoms with van der Waals surface area (Å²) in [5.41, 5.74) is 6.60. The van der Waals surface area contributed by atoms with Crippen LogP contribution < -0.4 is 5.73 Å². The summed E-state index contributed by atoms with van der Waals surface area (Å²) in [4.78, 5) is 36.4. The van der Waals surface area contributed by atoms with Crippen LogP contribution in [-0.2, 0) is 36.8 Å². The highest BCUT2D eigenvalue weighted by Crippen LogP contribution is 2.09. The van der Waals surface area contributed by atoms with Gasteiger partial charge in [-0.1, -0.05) is 24.3 Å². The molecule has 8 nitrogen and oxygen atoms in total. The van der Waals surface area contributed by atoms with Crippen molar-refractivity contribution in [3.63, 3.8) is 0 Å². The summed E-state index contributed by atoms with van der Waals surface area (Å²) >= 11 is 0. The standard InChI is InChI=1S/C20H30N2O6/c1-14(21)17(23)10-15-6-8-16(9-7-15)11-27-19(25)22(5)13-26-12-18(24)28-20(2,3)4/h6-9,14H,10-13,21H2,1-5H3/t14-/m0/s1. The van der Waals surface area contributed by atoms with Crippen LogP contribution in [0.2, 0.25) is 0 Å². The second-order valence-corrected chi connectivity index (χ2v) is 7.56. The van der Waals surface area contributed by atoms with Crippen molar-refractivity contribution in [2.45, 2.75) is 52.4 Å². The number of carbonyl (C=O) groups is 3. The Morgan fingerprint density at radius 2 is 1.68 bits per heavy atom. The predicted molar refractivity (Wildman–Crippen MR) is 103 cm³/mol. The zero-order chi connectivity index (χ0) is 21.3. The molecule has 0 saturated heterocycles. The molecule has 1 rings (SSSR count). The fourth-order valence-electron chi connectivity index (χ4n) is 2.06. The summed E-state index contributed by atoms with van der Waals surface area (Å²) < 4.78 is 15.5. The van der Waals surface area contributed by atoms with Crippen LogP contribution in [0, 0.1) is 0 Å². The van der Waals surface area contributed by atoms with Crippen molar-refractivity contribution in [3.8, 4) is 0 Å². The van der Waals surface area contributed by atoms with Crippen LogP contribution in [0.3, 0.4) is 0 Å². The van der Waals surface area contributed by atoms with Gasteiger partial charge in [-0.05, 0) is 38.8 Å². The van der Waals surface area contributed by atoms with Crippen molar-refractivity contribution in [3.05, 3.63) is 35.4 Å². The van der Waals surface area contributed by atoms with E-state index in [1.807, 2.05) is 0 Å². The van der Waals surface area contributed by atoms with Gasteiger partial charge in [0, 0.05) is 13.5 Å². The Balaban J connectivity index is 2.35. The Morgan fingerprint density at radius 1 is 1.11 bits per heavy atom. The van der Waals surface area contributed by atoms with Gasteiger partial charge in [0.05, 0.1) is 6.04 Å². The lowest BCUT2D eigenvalue weighted by atomic mass is 10.0. The summed E-state index contributed by atoms with van der Waals surface area (Å²) in [5.74, 6) is -0.538. The van der Waals surface area contributed by atoms with Crippen molar-refractivity contribution in [2.75, 3.05) is 20.4 Å². The van der Waals surface area contributed by atoms with Crippen molar-refractivity contribution in [1.29, 1.82) is 0 Å². The van der Waals surface area contributed by atoms with Crippen LogP contribution in [0.15, 0.2) is 24.3 Å². The first-order valence-corrected chi connectivity index (χ1v) is 9.01. The molecule has 0 aliphatic heterocycles. The van der Waals surface area contributed by atoms with Crippen LogP contribution in [0.1, 0.15) is 38.8 Å². The first kappa shape index (κ1) is 23.6. The first-order valence-electron chi connectivity index (χ1n) is 9.01. The average molecular weight is 394 g/mol. The van der Waals surface area contributed by atoms with Gasteiger partial charge in [-0.3, -0.25) is 9.69 Å². The lowest BCUT2D eigenvalue weighted by Gasteiger charge is -2.20. The van der Waals surface area contributed by atoms with E-state index >= 15 is 0 Å². The second-order valence-electron chi connectivity index (χ2n) is 7.56. The Hall–Kier alpha value is -2.45. The number of rotatable bonds is 9. The Labute approximate surface area is 165 Å². The van der Waals surface area contributed by atoms with Crippen molar-refractivity contribution in [1.82, 2.24) is 4.90 Å².